The van der Waals surface area contributed by atoms with Crippen molar-refractivity contribution >= 4 is 29.6 Å². The summed E-state index contributed by atoms with van der Waals surface area (Å²) in [4.78, 5) is 23.1. The number of halogens is 1. The first-order chi connectivity index (χ1) is 9.58. The molecule has 0 unspecified atom stereocenters. The van der Waals surface area contributed by atoms with Crippen molar-refractivity contribution in [3.05, 3.63) is 64.7 Å². The minimum atomic E-state index is -1.28. The van der Waals surface area contributed by atoms with Gasteiger partial charge in [0.05, 0.1) is 16.8 Å². The molecule has 2 aromatic rings. The van der Waals surface area contributed by atoms with Gasteiger partial charge in [0, 0.05) is 6.08 Å². The number of rotatable bonds is 4. The molecule has 6 heteroatoms. The van der Waals surface area contributed by atoms with Crippen molar-refractivity contribution in [3.8, 4) is 0 Å². The van der Waals surface area contributed by atoms with E-state index < -0.39 is 11.9 Å². The standard InChI is InChI=1S/C14H10ClNO4/c15-11-6-2-1-5-10(11)13(17)16-12(14(18)19)8-9-4-3-7-20-9/h1-8H,(H,16,17)(H,18,19)/b12-8+. The monoisotopic (exact) mass is 291 g/mol. The van der Waals surface area contributed by atoms with Crippen LogP contribution in [0.4, 0.5) is 0 Å². The highest BCUT2D eigenvalue weighted by Crippen LogP contribution is 2.15. The Morgan fingerprint density at radius 2 is 1.95 bits per heavy atom. The van der Waals surface area contributed by atoms with Crippen LogP contribution in [0.3, 0.4) is 0 Å². The van der Waals surface area contributed by atoms with Crippen LogP contribution in [0, 0.1) is 0 Å². The summed E-state index contributed by atoms with van der Waals surface area (Å²) in [5.74, 6) is -1.56. The normalized spacial score (nSPS) is 11.2. The van der Waals surface area contributed by atoms with E-state index in [-0.39, 0.29) is 16.3 Å². The number of hydrogen-bond donors (Lipinski definition) is 2. The second-order valence-electron chi connectivity index (χ2n) is 3.81. The van der Waals surface area contributed by atoms with Crippen LogP contribution in [0.25, 0.3) is 6.08 Å². The van der Waals surface area contributed by atoms with E-state index in [0.717, 1.165) is 0 Å². The molecule has 0 fully saturated rings. The van der Waals surface area contributed by atoms with Gasteiger partial charge in [-0.25, -0.2) is 4.79 Å². The highest BCUT2D eigenvalue weighted by molar-refractivity contribution is 6.34. The zero-order chi connectivity index (χ0) is 14.5. The molecular weight excluding hydrogens is 282 g/mol. The van der Waals surface area contributed by atoms with Gasteiger partial charge in [-0.1, -0.05) is 23.7 Å². The largest absolute Gasteiger partial charge is 0.477 e. The molecule has 0 radical (unpaired) electrons. The van der Waals surface area contributed by atoms with Crippen LogP contribution < -0.4 is 5.32 Å². The predicted octanol–water partition coefficient (Wildman–Crippen LogP) is 2.79. The number of amides is 1. The SMILES string of the molecule is O=C(O)/C(=C\c1ccco1)NC(=O)c1ccccc1Cl. The van der Waals surface area contributed by atoms with Crippen molar-refractivity contribution in [2.45, 2.75) is 0 Å². The lowest BCUT2D eigenvalue weighted by Crippen LogP contribution is -2.27. The number of furan rings is 1. The molecule has 0 aliphatic heterocycles. The number of carbonyl (C=O) groups excluding carboxylic acids is 1. The van der Waals surface area contributed by atoms with E-state index in [4.69, 9.17) is 21.1 Å². The second kappa shape index (κ2) is 6.08. The van der Waals surface area contributed by atoms with Crippen molar-refractivity contribution in [1.82, 2.24) is 5.32 Å². The number of aliphatic carboxylic acids is 1. The van der Waals surface area contributed by atoms with Gasteiger partial charge in [0.2, 0.25) is 0 Å². The van der Waals surface area contributed by atoms with Crippen molar-refractivity contribution in [2.24, 2.45) is 0 Å². The first kappa shape index (κ1) is 13.9. The van der Waals surface area contributed by atoms with Gasteiger partial charge in [0.1, 0.15) is 11.5 Å². The summed E-state index contributed by atoms with van der Waals surface area (Å²) >= 11 is 5.88. The smallest absolute Gasteiger partial charge is 0.352 e. The second-order valence-corrected chi connectivity index (χ2v) is 4.22. The van der Waals surface area contributed by atoms with Gasteiger partial charge in [0.15, 0.2) is 0 Å². The summed E-state index contributed by atoms with van der Waals surface area (Å²) in [6, 6.07) is 9.55. The third-order valence-electron chi connectivity index (χ3n) is 2.43. The Morgan fingerprint density at radius 1 is 1.20 bits per heavy atom. The van der Waals surface area contributed by atoms with Crippen LogP contribution in [0.15, 0.2) is 52.8 Å². The van der Waals surface area contributed by atoms with Gasteiger partial charge < -0.3 is 14.8 Å². The summed E-state index contributed by atoms with van der Waals surface area (Å²) < 4.78 is 5.01. The lowest BCUT2D eigenvalue weighted by molar-refractivity contribution is -0.132. The first-order valence-corrected chi connectivity index (χ1v) is 6.00. The van der Waals surface area contributed by atoms with E-state index >= 15 is 0 Å². The van der Waals surface area contributed by atoms with E-state index in [1.807, 2.05) is 0 Å². The number of carboxylic acid groups (broad SMARTS) is 1. The molecular formula is C14H10ClNO4. The number of benzene rings is 1. The summed E-state index contributed by atoms with van der Waals surface area (Å²) in [5, 5.41) is 11.6. The Hall–Kier alpha value is -2.53. The predicted molar refractivity (Wildman–Crippen MR) is 73.2 cm³/mol. The summed E-state index contributed by atoms with van der Waals surface area (Å²) in [6.07, 6.45) is 2.62. The molecule has 1 aromatic heterocycles. The highest BCUT2D eigenvalue weighted by atomic mass is 35.5. The Kier molecular flexibility index (Phi) is 4.22. The quantitative estimate of drug-likeness (QED) is 0.849. The molecule has 0 aliphatic rings. The zero-order valence-electron chi connectivity index (χ0n) is 10.2. The average molecular weight is 292 g/mol. The molecule has 2 rings (SSSR count). The summed E-state index contributed by atoms with van der Waals surface area (Å²) in [7, 11) is 0. The Labute approximate surface area is 119 Å². The van der Waals surface area contributed by atoms with Gasteiger partial charge in [-0.05, 0) is 24.3 Å². The van der Waals surface area contributed by atoms with E-state index in [0.29, 0.717) is 5.76 Å². The minimum absolute atomic E-state index is 0.195. The fraction of sp³-hybridized carbons (Fsp3) is 0. The van der Waals surface area contributed by atoms with E-state index in [1.165, 1.54) is 18.4 Å². The van der Waals surface area contributed by atoms with Crippen molar-refractivity contribution in [2.75, 3.05) is 0 Å². The third kappa shape index (κ3) is 3.27. The molecule has 0 saturated heterocycles. The van der Waals surface area contributed by atoms with Gasteiger partial charge in [-0.2, -0.15) is 0 Å². The minimum Gasteiger partial charge on any atom is -0.477 e. The zero-order valence-corrected chi connectivity index (χ0v) is 10.9. The van der Waals surface area contributed by atoms with Gasteiger partial charge >= 0.3 is 5.97 Å². The van der Waals surface area contributed by atoms with Crippen LogP contribution in [0.5, 0.6) is 0 Å². The first-order valence-electron chi connectivity index (χ1n) is 5.62. The third-order valence-corrected chi connectivity index (χ3v) is 2.76. The van der Waals surface area contributed by atoms with E-state index in [2.05, 4.69) is 5.32 Å². The molecule has 1 amide bonds. The molecule has 1 aromatic carbocycles. The van der Waals surface area contributed by atoms with Crippen LogP contribution in [-0.4, -0.2) is 17.0 Å². The molecule has 2 N–H and O–H groups in total. The Bertz CT molecular complexity index is 662. The molecule has 102 valence electrons. The molecule has 0 saturated carbocycles. The van der Waals surface area contributed by atoms with Gasteiger partial charge in [-0.3, -0.25) is 4.79 Å². The molecule has 5 nitrogen and oxygen atoms in total. The summed E-state index contributed by atoms with van der Waals surface area (Å²) in [6.45, 7) is 0. The Balaban J connectivity index is 2.24. The van der Waals surface area contributed by atoms with E-state index in [1.54, 1.807) is 30.3 Å². The number of carbonyl (C=O) groups is 2. The van der Waals surface area contributed by atoms with Gasteiger partial charge in [-0.15, -0.1) is 0 Å². The topological polar surface area (TPSA) is 79.5 Å². The van der Waals surface area contributed by atoms with Gasteiger partial charge in [0.25, 0.3) is 5.91 Å². The molecule has 1 heterocycles. The number of hydrogen-bond acceptors (Lipinski definition) is 3. The molecule has 0 spiro atoms. The van der Waals surface area contributed by atoms with Crippen LogP contribution in [0.2, 0.25) is 5.02 Å². The van der Waals surface area contributed by atoms with Crippen LogP contribution >= 0.6 is 11.6 Å². The van der Waals surface area contributed by atoms with Crippen molar-refractivity contribution in [3.63, 3.8) is 0 Å². The number of nitrogens with one attached hydrogen (secondary N) is 1. The van der Waals surface area contributed by atoms with E-state index in [9.17, 15) is 9.59 Å². The lowest BCUT2D eigenvalue weighted by atomic mass is 10.2. The Morgan fingerprint density at radius 3 is 2.55 bits per heavy atom. The molecule has 20 heavy (non-hydrogen) atoms. The maximum atomic E-state index is 12.0. The van der Waals surface area contributed by atoms with Crippen LogP contribution in [-0.2, 0) is 4.79 Å². The maximum Gasteiger partial charge on any atom is 0.352 e. The fourth-order valence-electron chi connectivity index (χ4n) is 1.50. The highest BCUT2D eigenvalue weighted by Gasteiger charge is 2.15. The fourth-order valence-corrected chi connectivity index (χ4v) is 1.72. The molecule has 0 atom stereocenters. The van der Waals surface area contributed by atoms with Crippen LogP contribution in [0.1, 0.15) is 16.1 Å². The molecule has 0 bridgehead atoms. The van der Waals surface area contributed by atoms with Crippen molar-refractivity contribution < 1.29 is 19.1 Å². The maximum absolute atomic E-state index is 12.0. The average Bonchev–Trinajstić information content (AvgIpc) is 2.91. The van der Waals surface area contributed by atoms with Crippen molar-refractivity contribution in [1.29, 1.82) is 0 Å². The molecule has 0 aliphatic carbocycles. The lowest BCUT2D eigenvalue weighted by Gasteiger charge is -2.06. The summed E-state index contributed by atoms with van der Waals surface area (Å²) in [5.41, 5.74) is -0.106. The number of carboxylic acids is 1.